The lowest BCUT2D eigenvalue weighted by atomic mass is 10.1. The molecule has 0 aliphatic carbocycles. The van der Waals surface area contributed by atoms with E-state index < -0.39 is 10.0 Å². The molecule has 5 nitrogen and oxygen atoms in total. The minimum Gasteiger partial charge on any atom is -0.496 e. The van der Waals surface area contributed by atoms with E-state index in [0.29, 0.717) is 24.0 Å². The monoisotopic (exact) mass is 366 g/mol. The molecule has 0 spiro atoms. The highest BCUT2D eigenvalue weighted by Crippen LogP contribution is 2.33. The summed E-state index contributed by atoms with van der Waals surface area (Å²) in [6.45, 7) is 9.25. The highest BCUT2D eigenvalue weighted by atomic mass is 32.2. The topological polar surface area (TPSA) is 49.9 Å². The predicted molar refractivity (Wildman–Crippen MR) is 99.8 cm³/mol. The van der Waals surface area contributed by atoms with Crippen molar-refractivity contribution in [2.75, 3.05) is 33.3 Å². The van der Waals surface area contributed by atoms with Crippen LogP contribution in [0.25, 0.3) is 0 Å². The van der Waals surface area contributed by atoms with Crippen LogP contribution in [0.15, 0.2) is 11.0 Å². The molecule has 6 heteroatoms. The van der Waals surface area contributed by atoms with E-state index in [2.05, 4.69) is 4.90 Å². The summed E-state index contributed by atoms with van der Waals surface area (Å²) in [7, 11) is -1.84. The molecule has 0 unspecified atom stereocenters. The Kier molecular flexibility index (Phi) is 5.42. The van der Waals surface area contributed by atoms with Crippen molar-refractivity contribution in [1.29, 1.82) is 0 Å². The molecule has 0 bridgehead atoms. The SMILES string of the molecule is COc1cc(C)c(S(=O)(=O)N2CCC(N3CCCC3)CC2)c(C)c1C. The summed E-state index contributed by atoms with van der Waals surface area (Å²) >= 11 is 0. The second kappa shape index (κ2) is 7.25. The summed E-state index contributed by atoms with van der Waals surface area (Å²) in [6, 6.07) is 2.39. The molecule has 2 saturated heterocycles. The van der Waals surface area contributed by atoms with Crippen LogP contribution in [0.2, 0.25) is 0 Å². The van der Waals surface area contributed by atoms with Gasteiger partial charge in [0, 0.05) is 19.1 Å². The zero-order valence-corrected chi connectivity index (χ0v) is 16.7. The van der Waals surface area contributed by atoms with Crippen molar-refractivity contribution >= 4 is 10.0 Å². The maximum atomic E-state index is 13.3. The molecule has 0 N–H and O–H groups in total. The third-order valence-electron chi connectivity index (χ3n) is 5.88. The molecule has 1 aromatic rings. The first-order chi connectivity index (χ1) is 11.9. The minimum atomic E-state index is -3.46. The first-order valence-corrected chi connectivity index (χ1v) is 10.7. The van der Waals surface area contributed by atoms with Crippen LogP contribution in [0.3, 0.4) is 0 Å². The van der Waals surface area contributed by atoms with E-state index in [1.54, 1.807) is 11.4 Å². The van der Waals surface area contributed by atoms with Gasteiger partial charge in [-0.05, 0) is 82.3 Å². The number of likely N-dealkylation sites (tertiary alicyclic amines) is 1. The molecule has 2 aliphatic rings. The van der Waals surface area contributed by atoms with Gasteiger partial charge in [0.15, 0.2) is 0 Å². The van der Waals surface area contributed by atoms with Gasteiger partial charge in [0.1, 0.15) is 5.75 Å². The van der Waals surface area contributed by atoms with Gasteiger partial charge in [0.2, 0.25) is 10.0 Å². The number of sulfonamides is 1. The van der Waals surface area contributed by atoms with E-state index in [0.717, 1.165) is 35.3 Å². The fraction of sp³-hybridized carbons (Fsp3) is 0.684. The lowest BCUT2D eigenvalue weighted by Gasteiger charge is -2.36. The Hall–Kier alpha value is -1.11. The molecule has 0 atom stereocenters. The molecular weight excluding hydrogens is 336 g/mol. The van der Waals surface area contributed by atoms with Crippen LogP contribution < -0.4 is 4.74 Å². The lowest BCUT2D eigenvalue weighted by Crippen LogP contribution is -2.46. The summed E-state index contributed by atoms with van der Waals surface area (Å²) in [6.07, 6.45) is 4.43. The van der Waals surface area contributed by atoms with Crippen LogP contribution in [0.1, 0.15) is 42.4 Å². The van der Waals surface area contributed by atoms with Crippen LogP contribution in [-0.2, 0) is 10.0 Å². The predicted octanol–water partition coefficient (Wildman–Crippen LogP) is 2.87. The van der Waals surface area contributed by atoms with Crippen molar-refractivity contribution in [2.45, 2.75) is 57.4 Å². The molecular formula is C19H30N2O3S. The lowest BCUT2D eigenvalue weighted by molar-refractivity contribution is 0.168. The quantitative estimate of drug-likeness (QED) is 0.822. The van der Waals surface area contributed by atoms with E-state index in [1.165, 1.54) is 25.9 Å². The second-order valence-corrected chi connectivity index (χ2v) is 9.23. The summed E-state index contributed by atoms with van der Waals surface area (Å²) in [5.74, 6) is 0.752. The molecule has 2 heterocycles. The first kappa shape index (κ1) is 18.7. The normalized spacial score (nSPS) is 21.0. The standard InChI is InChI=1S/C19H30N2O3S/c1-14-13-18(24-4)15(2)16(3)19(14)25(22,23)21-11-7-17(8-12-21)20-9-5-6-10-20/h13,17H,5-12H2,1-4H3. The summed E-state index contributed by atoms with van der Waals surface area (Å²) in [5.41, 5.74) is 2.47. The molecule has 1 aromatic carbocycles. The van der Waals surface area contributed by atoms with Gasteiger partial charge in [0.25, 0.3) is 0 Å². The van der Waals surface area contributed by atoms with E-state index in [1.807, 2.05) is 26.8 Å². The molecule has 2 fully saturated rings. The summed E-state index contributed by atoms with van der Waals surface area (Å²) in [5, 5.41) is 0. The Labute approximate surface area is 152 Å². The Bertz CT molecular complexity index is 732. The number of aryl methyl sites for hydroxylation is 1. The number of nitrogens with zero attached hydrogens (tertiary/aromatic N) is 2. The van der Waals surface area contributed by atoms with Crippen LogP contribution in [0, 0.1) is 20.8 Å². The Balaban J connectivity index is 1.82. The number of piperidine rings is 1. The molecule has 3 rings (SSSR count). The number of hydrogen-bond donors (Lipinski definition) is 0. The number of benzene rings is 1. The van der Waals surface area contributed by atoms with Gasteiger partial charge in [-0.3, -0.25) is 0 Å². The van der Waals surface area contributed by atoms with Crippen LogP contribution in [-0.4, -0.2) is 57.0 Å². The van der Waals surface area contributed by atoms with Crippen LogP contribution in [0.4, 0.5) is 0 Å². The Morgan fingerprint density at radius 1 is 1.00 bits per heavy atom. The molecule has 0 saturated carbocycles. The van der Waals surface area contributed by atoms with Crippen molar-refractivity contribution < 1.29 is 13.2 Å². The van der Waals surface area contributed by atoms with Crippen LogP contribution >= 0.6 is 0 Å². The molecule has 140 valence electrons. The van der Waals surface area contributed by atoms with Crippen molar-refractivity contribution in [1.82, 2.24) is 9.21 Å². The summed E-state index contributed by atoms with van der Waals surface area (Å²) in [4.78, 5) is 3.00. The molecule has 2 aliphatic heterocycles. The highest BCUT2D eigenvalue weighted by molar-refractivity contribution is 7.89. The van der Waals surface area contributed by atoms with Crippen molar-refractivity contribution in [3.63, 3.8) is 0 Å². The molecule has 0 radical (unpaired) electrons. The van der Waals surface area contributed by atoms with Crippen molar-refractivity contribution in [3.8, 4) is 5.75 Å². The average Bonchev–Trinajstić information content (AvgIpc) is 3.12. The van der Waals surface area contributed by atoms with Gasteiger partial charge in [0.05, 0.1) is 12.0 Å². The zero-order valence-electron chi connectivity index (χ0n) is 15.8. The van der Waals surface area contributed by atoms with Gasteiger partial charge in [-0.1, -0.05) is 0 Å². The number of methoxy groups -OCH3 is 1. The number of hydrogen-bond acceptors (Lipinski definition) is 4. The molecule has 0 amide bonds. The maximum absolute atomic E-state index is 13.3. The highest BCUT2D eigenvalue weighted by Gasteiger charge is 2.34. The third kappa shape index (κ3) is 3.44. The Morgan fingerprint density at radius 2 is 1.60 bits per heavy atom. The fourth-order valence-electron chi connectivity index (χ4n) is 4.31. The zero-order chi connectivity index (χ0) is 18.2. The largest absolute Gasteiger partial charge is 0.496 e. The van der Waals surface area contributed by atoms with Gasteiger partial charge in [-0.25, -0.2) is 8.42 Å². The van der Waals surface area contributed by atoms with Gasteiger partial charge in [-0.2, -0.15) is 4.31 Å². The van der Waals surface area contributed by atoms with E-state index in [-0.39, 0.29) is 0 Å². The van der Waals surface area contributed by atoms with Crippen LogP contribution in [0.5, 0.6) is 5.75 Å². The molecule has 25 heavy (non-hydrogen) atoms. The first-order valence-electron chi connectivity index (χ1n) is 9.25. The van der Waals surface area contributed by atoms with Gasteiger partial charge < -0.3 is 9.64 Å². The van der Waals surface area contributed by atoms with E-state index in [4.69, 9.17) is 4.74 Å². The molecule has 0 aromatic heterocycles. The van der Waals surface area contributed by atoms with Gasteiger partial charge >= 0.3 is 0 Å². The van der Waals surface area contributed by atoms with Crippen molar-refractivity contribution in [2.24, 2.45) is 0 Å². The smallest absolute Gasteiger partial charge is 0.243 e. The van der Waals surface area contributed by atoms with Crippen molar-refractivity contribution in [3.05, 3.63) is 22.8 Å². The maximum Gasteiger partial charge on any atom is 0.243 e. The van der Waals surface area contributed by atoms with E-state index in [9.17, 15) is 8.42 Å². The Morgan fingerprint density at radius 3 is 2.16 bits per heavy atom. The van der Waals surface area contributed by atoms with Gasteiger partial charge in [-0.15, -0.1) is 0 Å². The number of ether oxygens (including phenoxy) is 1. The fourth-order valence-corrected chi connectivity index (χ4v) is 6.27. The third-order valence-corrected chi connectivity index (χ3v) is 8.07. The second-order valence-electron chi connectivity index (χ2n) is 7.35. The number of rotatable bonds is 4. The van der Waals surface area contributed by atoms with E-state index >= 15 is 0 Å². The summed E-state index contributed by atoms with van der Waals surface area (Å²) < 4.78 is 33.6. The minimum absolute atomic E-state index is 0.463. The average molecular weight is 367 g/mol.